The molecule has 5 nitrogen and oxygen atoms in total. The van der Waals surface area contributed by atoms with Crippen molar-refractivity contribution < 1.29 is 0 Å². The molecule has 0 radical (unpaired) electrons. The van der Waals surface area contributed by atoms with Gasteiger partial charge in [-0.05, 0) is 46.8 Å². The topological polar surface area (TPSA) is 56.5 Å². The van der Waals surface area contributed by atoms with Crippen LogP contribution in [0.4, 0.5) is 0 Å². The Kier molecular flexibility index (Phi) is 8.41. The normalized spacial score (nSPS) is 11.4. The van der Waals surface area contributed by atoms with Gasteiger partial charge in [0, 0.05) is 44.3 Å². The number of pyridine rings is 1. The summed E-state index contributed by atoms with van der Waals surface area (Å²) < 4.78 is 2.26. The Labute approximate surface area is 341 Å². The number of aromatic nitrogens is 5. The van der Waals surface area contributed by atoms with Crippen LogP contribution in [-0.2, 0) is 0 Å². The van der Waals surface area contributed by atoms with Crippen LogP contribution >= 0.6 is 0 Å². The van der Waals surface area contributed by atoms with Crippen molar-refractivity contribution in [1.82, 2.24) is 24.5 Å². The first kappa shape index (κ1) is 34.2. The van der Waals surface area contributed by atoms with E-state index in [0.29, 0.717) is 5.82 Å². The highest BCUT2D eigenvalue weighted by Crippen LogP contribution is 2.40. The Morgan fingerprint density at radius 2 is 0.847 bits per heavy atom. The van der Waals surface area contributed by atoms with Crippen LogP contribution < -0.4 is 0 Å². The van der Waals surface area contributed by atoms with Gasteiger partial charge in [-0.3, -0.25) is 4.57 Å². The molecule has 59 heavy (non-hydrogen) atoms. The van der Waals surface area contributed by atoms with Gasteiger partial charge in [-0.1, -0.05) is 182 Å². The number of hydrogen-bond acceptors (Lipinski definition) is 4. The van der Waals surface area contributed by atoms with Gasteiger partial charge in [0.2, 0.25) is 0 Å². The van der Waals surface area contributed by atoms with Gasteiger partial charge in [0.05, 0.1) is 33.6 Å². The zero-order valence-corrected chi connectivity index (χ0v) is 31.9. The van der Waals surface area contributed by atoms with Crippen LogP contribution in [0.3, 0.4) is 0 Å². The van der Waals surface area contributed by atoms with E-state index in [4.69, 9.17) is 19.9 Å². The molecule has 0 saturated carbocycles. The fraction of sp³-hybridized carbons (Fsp3) is 0. The second-order valence-electron chi connectivity index (χ2n) is 14.7. The Morgan fingerprint density at radius 3 is 1.49 bits per heavy atom. The molecule has 0 atom stereocenters. The molecule has 11 rings (SSSR count). The van der Waals surface area contributed by atoms with Crippen LogP contribution in [0.15, 0.2) is 212 Å². The molecule has 11 aromatic rings. The van der Waals surface area contributed by atoms with Crippen molar-refractivity contribution in [2.75, 3.05) is 0 Å². The zero-order valence-electron chi connectivity index (χ0n) is 31.9. The largest absolute Gasteiger partial charge is 0.292 e. The molecule has 0 aliphatic rings. The van der Waals surface area contributed by atoms with Crippen LogP contribution in [0, 0.1) is 0 Å². The molecule has 3 aromatic heterocycles. The van der Waals surface area contributed by atoms with E-state index in [1.807, 2.05) is 36.4 Å². The summed E-state index contributed by atoms with van der Waals surface area (Å²) >= 11 is 0. The number of imidazole rings is 1. The van der Waals surface area contributed by atoms with Crippen LogP contribution in [0.25, 0.3) is 106 Å². The van der Waals surface area contributed by atoms with E-state index in [9.17, 15) is 0 Å². The van der Waals surface area contributed by atoms with Crippen molar-refractivity contribution in [1.29, 1.82) is 0 Å². The SMILES string of the molecule is c1ccc(-c2ccc(-c3cc(-c4ccc(-c5nc6ccccc6c6ccc7c(nc(-c8ccccc8)n7-c7ccccc7)c56)cc4)nc(-c4ccccc4)n3)cc2)cc1. The van der Waals surface area contributed by atoms with E-state index in [2.05, 4.69) is 180 Å². The number of rotatable bonds is 7. The Balaban J connectivity index is 1.07. The lowest BCUT2D eigenvalue weighted by Gasteiger charge is -2.13. The lowest BCUT2D eigenvalue weighted by atomic mass is 9.97. The molecule has 5 heteroatoms. The molecular weight excluding hydrogens is 719 g/mol. The zero-order chi connectivity index (χ0) is 39.1. The monoisotopic (exact) mass is 753 g/mol. The van der Waals surface area contributed by atoms with Gasteiger partial charge in [-0.2, -0.15) is 0 Å². The summed E-state index contributed by atoms with van der Waals surface area (Å²) in [4.78, 5) is 21.0. The summed E-state index contributed by atoms with van der Waals surface area (Å²) in [6.45, 7) is 0. The van der Waals surface area contributed by atoms with Gasteiger partial charge in [0.15, 0.2) is 5.82 Å². The summed E-state index contributed by atoms with van der Waals surface area (Å²) in [5.74, 6) is 1.57. The van der Waals surface area contributed by atoms with Crippen molar-refractivity contribution in [3.63, 3.8) is 0 Å². The number of para-hydroxylation sites is 2. The third-order valence-corrected chi connectivity index (χ3v) is 11.0. The fourth-order valence-corrected chi connectivity index (χ4v) is 8.13. The molecule has 0 fully saturated rings. The molecule has 0 unspecified atom stereocenters. The Hall–Kier alpha value is -8.02. The van der Waals surface area contributed by atoms with Gasteiger partial charge < -0.3 is 0 Å². The molecule has 0 amide bonds. The minimum atomic E-state index is 0.683. The molecule has 0 aliphatic carbocycles. The van der Waals surface area contributed by atoms with E-state index in [1.54, 1.807) is 0 Å². The quantitative estimate of drug-likeness (QED) is 0.152. The van der Waals surface area contributed by atoms with E-state index < -0.39 is 0 Å². The first-order valence-corrected chi connectivity index (χ1v) is 19.8. The maximum Gasteiger partial charge on any atom is 0.160 e. The van der Waals surface area contributed by atoms with E-state index >= 15 is 0 Å². The summed E-state index contributed by atoms with van der Waals surface area (Å²) in [5.41, 5.74) is 13.9. The number of benzene rings is 8. The van der Waals surface area contributed by atoms with Crippen LogP contribution in [0.1, 0.15) is 0 Å². The maximum absolute atomic E-state index is 5.45. The second-order valence-corrected chi connectivity index (χ2v) is 14.7. The maximum atomic E-state index is 5.45. The average molecular weight is 754 g/mol. The molecule has 0 N–H and O–H groups in total. The van der Waals surface area contributed by atoms with Gasteiger partial charge in [-0.25, -0.2) is 19.9 Å². The Bertz CT molecular complexity index is 3270. The first-order valence-electron chi connectivity index (χ1n) is 19.8. The number of hydrogen-bond donors (Lipinski definition) is 0. The van der Waals surface area contributed by atoms with Crippen molar-refractivity contribution in [2.45, 2.75) is 0 Å². The van der Waals surface area contributed by atoms with Gasteiger partial charge in [0.25, 0.3) is 0 Å². The third-order valence-electron chi connectivity index (χ3n) is 11.0. The predicted molar refractivity (Wildman–Crippen MR) is 242 cm³/mol. The minimum absolute atomic E-state index is 0.683. The highest BCUT2D eigenvalue weighted by Gasteiger charge is 2.21. The van der Waals surface area contributed by atoms with E-state index in [0.717, 1.165) is 94.7 Å². The molecular formula is C54H35N5. The van der Waals surface area contributed by atoms with Crippen LogP contribution in [-0.4, -0.2) is 24.5 Å². The minimum Gasteiger partial charge on any atom is -0.292 e. The van der Waals surface area contributed by atoms with Crippen LogP contribution in [0.5, 0.6) is 0 Å². The molecule has 0 saturated heterocycles. The van der Waals surface area contributed by atoms with Gasteiger partial charge in [0.1, 0.15) is 5.82 Å². The number of nitrogens with zero attached hydrogens (tertiary/aromatic N) is 5. The average Bonchev–Trinajstić information content (AvgIpc) is 3.72. The van der Waals surface area contributed by atoms with Crippen molar-refractivity contribution in [3.8, 4) is 73.4 Å². The molecule has 276 valence electrons. The first-order chi connectivity index (χ1) is 29.2. The van der Waals surface area contributed by atoms with Crippen LogP contribution in [0.2, 0.25) is 0 Å². The molecule has 3 heterocycles. The molecule has 8 aromatic carbocycles. The highest BCUT2D eigenvalue weighted by atomic mass is 15.1. The highest BCUT2D eigenvalue weighted by molar-refractivity contribution is 6.20. The standard InChI is InChI=1S/C54H35N5/c1-5-15-36(16-6-1)37-25-27-38(28-26-37)47-35-48(57-53(56-47)41-17-7-2-8-18-41)39-29-31-40(32-30-39)51-50-45(44-23-13-14-24-46(44)55-51)33-34-49-52(50)58-54(42-19-9-3-10-20-42)59(49)43-21-11-4-12-22-43/h1-35H. The summed E-state index contributed by atoms with van der Waals surface area (Å²) in [7, 11) is 0. The number of fused-ring (bicyclic) bond motifs is 5. The van der Waals surface area contributed by atoms with E-state index in [1.165, 1.54) is 5.56 Å². The van der Waals surface area contributed by atoms with E-state index in [-0.39, 0.29) is 0 Å². The fourth-order valence-electron chi connectivity index (χ4n) is 8.13. The lowest BCUT2D eigenvalue weighted by molar-refractivity contribution is 1.10. The van der Waals surface area contributed by atoms with Gasteiger partial charge >= 0.3 is 0 Å². The molecule has 0 bridgehead atoms. The Morgan fingerprint density at radius 1 is 0.339 bits per heavy atom. The molecule has 0 aliphatic heterocycles. The van der Waals surface area contributed by atoms with Crippen molar-refractivity contribution in [3.05, 3.63) is 212 Å². The predicted octanol–water partition coefficient (Wildman–Crippen LogP) is 13.5. The van der Waals surface area contributed by atoms with Gasteiger partial charge in [-0.15, -0.1) is 0 Å². The molecule has 0 spiro atoms. The van der Waals surface area contributed by atoms with Crippen molar-refractivity contribution >= 4 is 32.7 Å². The smallest absolute Gasteiger partial charge is 0.160 e. The third kappa shape index (κ3) is 6.22. The van der Waals surface area contributed by atoms with Crippen molar-refractivity contribution in [2.24, 2.45) is 0 Å². The summed E-state index contributed by atoms with van der Waals surface area (Å²) in [5, 5.41) is 3.24. The summed E-state index contributed by atoms with van der Waals surface area (Å²) in [6.07, 6.45) is 0. The second kappa shape index (κ2) is 14.5. The summed E-state index contributed by atoms with van der Waals surface area (Å²) in [6, 6.07) is 73.6. The lowest BCUT2D eigenvalue weighted by Crippen LogP contribution is -1.97.